The normalized spacial score (nSPS) is 10.7. The van der Waals surface area contributed by atoms with Gasteiger partial charge in [0, 0.05) is 30.8 Å². The summed E-state index contributed by atoms with van der Waals surface area (Å²) in [6.07, 6.45) is 5.07. The van der Waals surface area contributed by atoms with Crippen LogP contribution in [0.3, 0.4) is 0 Å². The van der Waals surface area contributed by atoms with Crippen LogP contribution in [0.25, 0.3) is 5.52 Å². The van der Waals surface area contributed by atoms with Crippen LogP contribution in [0, 0.1) is 6.92 Å². The minimum atomic E-state index is -0.388. The Labute approximate surface area is 167 Å². The third-order valence-electron chi connectivity index (χ3n) is 4.45. The van der Waals surface area contributed by atoms with Gasteiger partial charge in [-0.2, -0.15) is 0 Å². The molecule has 7 heteroatoms. The van der Waals surface area contributed by atoms with Crippen LogP contribution < -0.4 is 10.6 Å². The van der Waals surface area contributed by atoms with Crippen molar-refractivity contribution in [3.63, 3.8) is 0 Å². The highest BCUT2D eigenvalue weighted by Gasteiger charge is 2.21. The van der Waals surface area contributed by atoms with E-state index >= 15 is 0 Å². The molecule has 1 aromatic carbocycles. The lowest BCUT2D eigenvalue weighted by Gasteiger charge is -2.04. The van der Waals surface area contributed by atoms with Crippen LogP contribution in [0.1, 0.15) is 32.2 Å². The lowest BCUT2D eigenvalue weighted by atomic mass is 10.2. The summed E-state index contributed by atoms with van der Waals surface area (Å²) in [6.45, 7) is 2.30. The summed E-state index contributed by atoms with van der Waals surface area (Å²) in [6, 6.07) is 16.5. The van der Waals surface area contributed by atoms with E-state index in [9.17, 15) is 9.59 Å². The highest BCUT2D eigenvalue weighted by atomic mass is 16.2. The molecule has 144 valence electrons. The molecule has 0 saturated carbocycles. The first kappa shape index (κ1) is 18.4. The SMILES string of the molecule is Cc1ccc(NC(=O)c2nc(C(=O)NCc3cccnc3)c3ccccn23)cc1. The Kier molecular flexibility index (Phi) is 5.03. The number of fused-ring (bicyclic) bond motifs is 1. The number of nitrogens with one attached hydrogen (secondary N) is 2. The van der Waals surface area contributed by atoms with E-state index in [1.165, 1.54) is 0 Å². The van der Waals surface area contributed by atoms with Crippen molar-refractivity contribution in [2.45, 2.75) is 13.5 Å². The van der Waals surface area contributed by atoms with Crippen molar-refractivity contribution in [3.8, 4) is 0 Å². The molecule has 3 heterocycles. The van der Waals surface area contributed by atoms with Crippen LogP contribution in [0.15, 0.2) is 73.2 Å². The van der Waals surface area contributed by atoms with E-state index in [1.54, 1.807) is 47.3 Å². The molecule has 0 saturated heterocycles. The summed E-state index contributed by atoms with van der Waals surface area (Å²) in [5, 5.41) is 5.65. The molecule has 4 rings (SSSR count). The van der Waals surface area contributed by atoms with E-state index in [1.807, 2.05) is 37.3 Å². The Morgan fingerprint density at radius 2 is 1.83 bits per heavy atom. The number of aryl methyl sites for hydroxylation is 1. The largest absolute Gasteiger partial charge is 0.346 e. The summed E-state index contributed by atoms with van der Waals surface area (Å²) in [5.74, 6) is -0.596. The molecule has 4 aromatic rings. The molecule has 0 radical (unpaired) electrons. The minimum absolute atomic E-state index is 0.146. The van der Waals surface area contributed by atoms with Gasteiger partial charge in [-0.15, -0.1) is 0 Å². The predicted octanol–water partition coefficient (Wildman–Crippen LogP) is 3.22. The van der Waals surface area contributed by atoms with Gasteiger partial charge in [-0.05, 0) is 42.8 Å². The van der Waals surface area contributed by atoms with Gasteiger partial charge in [-0.1, -0.05) is 29.8 Å². The number of aromatic nitrogens is 3. The molecule has 0 aliphatic rings. The number of amides is 2. The van der Waals surface area contributed by atoms with Gasteiger partial charge in [-0.3, -0.25) is 19.0 Å². The van der Waals surface area contributed by atoms with Crippen LogP contribution in [-0.2, 0) is 6.54 Å². The lowest BCUT2D eigenvalue weighted by molar-refractivity contribution is 0.0948. The van der Waals surface area contributed by atoms with Crippen molar-refractivity contribution < 1.29 is 9.59 Å². The van der Waals surface area contributed by atoms with Gasteiger partial charge in [0.1, 0.15) is 0 Å². The number of carbonyl (C=O) groups is 2. The van der Waals surface area contributed by atoms with Crippen molar-refractivity contribution in [1.29, 1.82) is 0 Å². The van der Waals surface area contributed by atoms with Gasteiger partial charge >= 0.3 is 0 Å². The maximum Gasteiger partial charge on any atom is 0.292 e. The smallest absolute Gasteiger partial charge is 0.292 e. The molecule has 0 unspecified atom stereocenters. The van der Waals surface area contributed by atoms with Crippen LogP contribution in [-0.4, -0.2) is 26.2 Å². The standard InChI is InChI=1S/C22H19N5O2/c1-15-7-9-17(10-8-15)25-22(29)20-26-19(18-6-2-3-12-27(18)20)21(28)24-14-16-5-4-11-23-13-16/h2-13H,14H2,1H3,(H,24,28)(H,25,29). The Morgan fingerprint density at radius 3 is 2.59 bits per heavy atom. The molecule has 0 fully saturated rings. The number of hydrogen-bond donors (Lipinski definition) is 2. The number of rotatable bonds is 5. The summed E-state index contributed by atoms with van der Waals surface area (Å²) >= 11 is 0. The summed E-state index contributed by atoms with van der Waals surface area (Å²) in [5.41, 5.74) is 3.40. The topological polar surface area (TPSA) is 88.4 Å². The van der Waals surface area contributed by atoms with Gasteiger partial charge in [0.15, 0.2) is 5.69 Å². The third-order valence-corrected chi connectivity index (χ3v) is 4.45. The van der Waals surface area contributed by atoms with Gasteiger partial charge in [0.05, 0.1) is 5.52 Å². The third kappa shape index (κ3) is 3.98. The minimum Gasteiger partial charge on any atom is -0.346 e. The van der Waals surface area contributed by atoms with Crippen LogP contribution in [0.4, 0.5) is 5.69 Å². The average Bonchev–Trinajstić information content (AvgIpc) is 3.14. The van der Waals surface area contributed by atoms with Gasteiger partial charge in [0.25, 0.3) is 11.8 Å². The second kappa shape index (κ2) is 7.93. The average molecular weight is 385 g/mol. The molecule has 29 heavy (non-hydrogen) atoms. The fourth-order valence-corrected chi connectivity index (χ4v) is 2.96. The number of carbonyl (C=O) groups excluding carboxylic acids is 2. The van der Waals surface area contributed by atoms with Gasteiger partial charge in [-0.25, -0.2) is 4.98 Å². The zero-order valence-corrected chi connectivity index (χ0v) is 15.8. The quantitative estimate of drug-likeness (QED) is 0.552. The maximum atomic E-state index is 12.8. The molecule has 0 aliphatic heterocycles. The fourth-order valence-electron chi connectivity index (χ4n) is 2.96. The predicted molar refractivity (Wildman–Crippen MR) is 110 cm³/mol. The Hall–Kier alpha value is -4.00. The van der Waals surface area contributed by atoms with Crippen molar-refractivity contribution in [3.05, 3.63) is 95.8 Å². The van der Waals surface area contributed by atoms with Crippen molar-refractivity contribution in [2.75, 3.05) is 5.32 Å². The Balaban J connectivity index is 1.60. The second-order valence-electron chi connectivity index (χ2n) is 6.60. The van der Waals surface area contributed by atoms with Crippen molar-refractivity contribution >= 4 is 23.0 Å². The van der Waals surface area contributed by atoms with E-state index in [4.69, 9.17) is 0 Å². The lowest BCUT2D eigenvalue weighted by Crippen LogP contribution is -2.23. The maximum absolute atomic E-state index is 12.8. The van der Waals surface area contributed by atoms with E-state index in [-0.39, 0.29) is 23.3 Å². The number of benzene rings is 1. The zero-order chi connectivity index (χ0) is 20.2. The zero-order valence-electron chi connectivity index (χ0n) is 15.8. The van der Waals surface area contributed by atoms with Gasteiger partial charge < -0.3 is 10.6 Å². The molecule has 3 aromatic heterocycles. The monoisotopic (exact) mass is 385 g/mol. The highest BCUT2D eigenvalue weighted by molar-refractivity contribution is 6.06. The molecule has 0 aliphatic carbocycles. The molecule has 2 N–H and O–H groups in total. The Morgan fingerprint density at radius 1 is 1.00 bits per heavy atom. The molecular formula is C22H19N5O2. The first-order valence-corrected chi connectivity index (χ1v) is 9.14. The van der Waals surface area contributed by atoms with E-state index in [0.29, 0.717) is 17.7 Å². The number of nitrogens with zero attached hydrogens (tertiary/aromatic N) is 3. The first-order chi connectivity index (χ1) is 14.1. The van der Waals surface area contributed by atoms with Crippen molar-refractivity contribution in [1.82, 2.24) is 19.7 Å². The molecule has 2 amide bonds. The van der Waals surface area contributed by atoms with E-state index in [0.717, 1.165) is 11.1 Å². The molecular weight excluding hydrogens is 366 g/mol. The van der Waals surface area contributed by atoms with Crippen LogP contribution in [0.5, 0.6) is 0 Å². The first-order valence-electron chi connectivity index (χ1n) is 9.14. The number of anilines is 1. The van der Waals surface area contributed by atoms with E-state index < -0.39 is 0 Å². The summed E-state index contributed by atoms with van der Waals surface area (Å²) in [4.78, 5) is 33.9. The second-order valence-corrected chi connectivity index (χ2v) is 6.60. The fraction of sp³-hybridized carbons (Fsp3) is 0.0909. The van der Waals surface area contributed by atoms with Gasteiger partial charge in [0.2, 0.25) is 5.82 Å². The summed E-state index contributed by atoms with van der Waals surface area (Å²) < 4.78 is 1.61. The number of pyridine rings is 2. The Bertz CT molecular complexity index is 1170. The molecule has 0 spiro atoms. The van der Waals surface area contributed by atoms with E-state index in [2.05, 4.69) is 20.6 Å². The molecule has 0 bridgehead atoms. The number of hydrogen-bond acceptors (Lipinski definition) is 4. The van der Waals surface area contributed by atoms with Crippen LogP contribution >= 0.6 is 0 Å². The van der Waals surface area contributed by atoms with Crippen LogP contribution in [0.2, 0.25) is 0 Å². The highest BCUT2D eigenvalue weighted by Crippen LogP contribution is 2.16. The summed E-state index contributed by atoms with van der Waals surface area (Å²) in [7, 11) is 0. The molecule has 0 atom stereocenters. The number of imidazole rings is 1. The van der Waals surface area contributed by atoms with Crippen molar-refractivity contribution in [2.24, 2.45) is 0 Å². The molecule has 7 nitrogen and oxygen atoms in total.